The number of hydrogen-bond acceptors (Lipinski definition) is 4. The van der Waals surface area contributed by atoms with E-state index in [-0.39, 0.29) is 31.4 Å². The van der Waals surface area contributed by atoms with Gasteiger partial charge in [-0.15, -0.1) is 0 Å². The van der Waals surface area contributed by atoms with Crippen molar-refractivity contribution in [3.05, 3.63) is 29.3 Å². The van der Waals surface area contributed by atoms with Gasteiger partial charge in [0.25, 0.3) is 0 Å². The Morgan fingerprint density at radius 3 is 2.75 bits per heavy atom. The molecule has 0 radical (unpaired) electrons. The van der Waals surface area contributed by atoms with Gasteiger partial charge in [0.1, 0.15) is 6.04 Å². The van der Waals surface area contributed by atoms with E-state index in [0.717, 1.165) is 16.8 Å². The number of aryl methyl sites for hydroxylation is 1. The van der Waals surface area contributed by atoms with Gasteiger partial charge in [-0.25, -0.2) is 4.79 Å². The maximum Gasteiger partial charge on any atom is 0.410 e. The lowest BCUT2D eigenvalue weighted by Gasteiger charge is -2.24. The Kier molecular flexibility index (Phi) is 5.83. The average molecular weight is 334 g/mol. The van der Waals surface area contributed by atoms with Crippen molar-refractivity contribution in [3.63, 3.8) is 0 Å². The molecule has 6 heteroatoms. The molecule has 0 spiro atoms. The summed E-state index contributed by atoms with van der Waals surface area (Å²) >= 11 is 0. The zero-order valence-electron chi connectivity index (χ0n) is 14.7. The second-order valence-corrected chi connectivity index (χ2v) is 6.77. The second-order valence-electron chi connectivity index (χ2n) is 6.77. The molecule has 0 saturated carbocycles. The van der Waals surface area contributed by atoms with Gasteiger partial charge in [0.15, 0.2) is 0 Å². The van der Waals surface area contributed by atoms with Crippen LogP contribution in [0.5, 0.6) is 0 Å². The van der Waals surface area contributed by atoms with Crippen molar-refractivity contribution >= 4 is 17.7 Å². The first-order chi connectivity index (χ1) is 11.3. The number of ether oxygens (including phenoxy) is 1. The van der Waals surface area contributed by atoms with Gasteiger partial charge in [-0.05, 0) is 37.0 Å². The summed E-state index contributed by atoms with van der Waals surface area (Å²) in [4.78, 5) is 26.1. The van der Waals surface area contributed by atoms with E-state index in [1.807, 2.05) is 45.9 Å². The van der Waals surface area contributed by atoms with Crippen LogP contribution in [0.1, 0.15) is 31.4 Å². The maximum absolute atomic E-state index is 12.6. The van der Waals surface area contributed by atoms with Crippen molar-refractivity contribution in [2.45, 2.75) is 46.3 Å². The van der Waals surface area contributed by atoms with Crippen molar-refractivity contribution in [3.8, 4) is 0 Å². The summed E-state index contributed by atoms with van der Waals surface area (Å²) in [5.41, 5.74) is 2.78. The summed E-state index contributed by atoms with van der Waals surface area (Å²) < 4.78 is 5.21. The molecule has 2 rings (SSSR count). The molecule has 2 N–H and O–H groups in total. The average Bonchev–Trinajstić information content (AvgIpc) is 2.91. The lowest BCUT2D eigenvalue weighted by molar-refractivity contribution is -0.120. The molecule has 1 saturated heterocycles. The Balaban J connectivity index is 2.08. The largest absolute Gasteiger partial charge is 0.449 e. The number of likely N-dealkylation sites (tertiary alicyclic amines) is 1. The van der Waals surface area contributed by atoms with E-state index in [1.54, 1.807) is 0 Å². The van der Waals surface area contributed by atoms with E-state index in [1.165, 1.54) is 4.90 Å². The number of aliphatic hydroxyl groups is 1. The molecule has 24 heavy (non-hydrogen) atoms. The highest BCUT2D eigenvalue weighted by Gasteiger charge is 2.40. The number of hydrogen-bond donors (Lipinski definition) is 2. The topological polar surface area (TPSA) is 78.9 Å². The summed E-state index contributed by atoms with van der Waals surface area (Å²) in [6.45, 7) is 8.19. The first-order valence-corrected chi connectivity index (χ1v) is 8.28. The molecule has 1 aliphatic heterocycles. The number of benzene rings is 1. The monoisotopic (exact) mass is 334 g/mol. The van der Waals surface area contributed by atoms with Crippen molar-refractivity contribution in [2.75, 3.05) is 18.5 Å². The summed E-state index contributed by atoms with van der Waals surface area (Å²) in [5.74, 6) is -0.0922. The molecule has 132 valence electrons. The van der Waals surface area contributed by atoms with Gasteiger partial charge in [-0.1, -0.05) is 26.0 Å². The van der Waals surface area contributed by atoms with Crippen molar-refractivity contribution in [1.29, 1.82) is 0 Å². The van der Waals surface area contributed by atoms with Gasteiger partial charge in [0, 0.05) is 12.1 Å². The third kappa shape index (κ3) is 4.26. The first kappa shape index (κ1) is 18.3. The number of carbonyl (C=O) groups excluding carboxylic acids is 2. The number of nitrogens with one attached hydrogen (secondary N) is 1. The van der Waals surface area contributed by atoms with Gasteiger partial charge < -0.3 is 15.2 Å². The van der Waals surface area contributed by atoms with Crippen LogP contribution >= 0.6 is 0 Å². The Labute approximate surface area is 142 Å². The molecule has 2 atom stereocenters. The standard InChI is InChI=1S/C18H26N2O4/c1-11(2)10-24-18(23)20-9-14(21)8-16(20)17(22)19-15-7-5-6-12(3)13(15)4/h5-7,11,14,16,21H,8-10H2,1-4H3,(H,19,22)/t14-,16+/m0/s1. The summed E-state index contributed by atoms with van der Waals surface area (Å²) in [7, 11) is 0. The SMILES string of the molecule is Cc1cccc(NC(=O)[C@H]2C[C@H](O)CN2C(=O)OCC(C)C)c1C. The molecule has 0 bridgehead atoms. The number of β-amino-alcohol motifs (C(OH)–C–C–N with tert-alkyl or cyclic N) is 1. The van der Waals surface area contributed by atoms with Crippen LogP contribution < -0.4 is 5.32 Å². The molecule has 1 heterocycles. The maximum atomic E-state index is 12.6. The number of nitrogens with zero attached hydrogens (tertiary/aromatic N) is 1. The Bertz CT molecular complexity index is 615. The zero-order chi connectivity index (χ0) is 17.9. The number of amides is 2. The number of rotatable bonds is 4. The van der Waals surface area contributed by atoms with E-state index in [2.05, 4.69) is 5.32 Å². The van der Waals surface area contributed by atoms with E-state index >= 15 is 0 Å². The van der Waals surface area contributed by atoms with Crippen molar-refractivity contribution in [1.82, 2.24) is 4.90 Å². The van der Waals surface area contributed by atoms with Crippen molar-refractivity contribution in [2.24, 2.45) is 5.92 Å². The van der Waals surface area contributed by atoms with Crippen LogP contribution in [0, 0.1) is 19.8 Å². The third-order valence-corrected chi connectivity index (χ3v) is 4.22. The molecule has 1 fully saturated rings. The van der Waals surface area contributed by atoms with Gasteiger partial charge >= 0.3 is 6.09 Å². The molecular formula is C18H26N2O4. The van der Waals surface area contributed by atoms with Crippen LogP contribution in [0.3, 0.4) is 0 Å². The highest BCUT2D eigenvalue weighted by atomic mass is 16.6. The fourth-order valence-corrected chi connectivity index (χ4v) is 2.69. The lowest BCUT2D eigenvalue weighted by Crippen LogP contribution is -2.43. The molecule has 2 amide bonds. The molecule has 6 nitrogen and oxygen atoms in total. The summed E-state index contributed by atoms with van der Waals surface area (Å²) in [6.07, 6.45) is -1.06. The van der Waals surface area contributed by atoms with Crippen LogP contribution in [0.25, 0.3) is 0 Å². The van der Waals surface area contributed by atoms with E-state index in [4.69, 9.17) is 4.74 Å². The minimum absolute atomic E-state index is 0.113. The molecule has 1 aliphatic rings. The van der Waals surface area contributed by atoms with E-state index in [0.29, 0.717) is 0 Å². The first-order valence-electron chi connectivity index (χ1n) is 8.28. The lowest BCUT2D eigenvalue weighted by atomic mass is 10.1. The highest BCUT2D eigenvalue weighted by Crippen LogP contribution is 2.23. The minimum atomic E-state index is -0.723. The molecule has 0 aromatic heterocycles. The molecule has 1 aromatic carbocycles. The predicted molar refractivity (Wildman–Crippen MR) is 91.8 cm³/mol. The number of carbonyl (C=O) groups is 2. The normalized spacial score (nSPS) is 20.3. The fourth-order valence-electron chi connectivity index (χ4n) is 2.69. The quantitative estimate of drug-likeness (QED) is 0.886. The summed E-state index contributed by atoms with van der Waals surface area (Å²) in [6, 6.07) is 4.95. The van der Waals surface area contributed by atoms with Gasteiger partial charge in [0.2, 0.25) is 5.91 Å². The van der Waals surface area contributed by atoms with E-state index in [9.17, 15) is 14.7 Å². The second kappa shape index (κ2) is 7.66. The Morgan fingerprint density at radius 1 is 1.38 bits per heavy atom. The Morgan fingerprint density at radius 2 is 2.08 bits per heavy atom. The molecule has 0 unspecified atom stereocenters. The zero-order valence-corrected chi connectivity index (χ0v) is 14.7. The summed E-state index contributed by atoms with van der Waals surface area (Å²) in [5, 5.41) is 12.7. The van der Waals surface area contributed by atoms with Gasteiger partial charge in [0.05, 0.1) is 19.3 Å². The molecular weight excluding hydrogens is 308 g/mol. The molecule has 1 aromatic rings. The van der Waals surface area contributed by atoms with Crippen molar-refractivity contribution < 1.29 is 19.4 Å². The molecule has 0 aliphatic carbocycles. The predicted octanol–water partition coefficient (Wildman–Crippen LogP) is 2.47. The number of aliphatic hydroxyl groups excluding tert-OH is 1. The van der Waals surface area contributed by atoms with Crippen LogP contribution in [-0.2, 0) is 9.53 Å². The van der Waals surface area contributed by atoms with E-state index < -0.39 is 18.2 Å². The van der Waals surface area contributed by atoms with Gasteiger partial charge in [-0.2, -0.15) is 0 Å². The minimum Gasteiger partial charge on any atom is -0.449 e. The Hall–Kier alpha value is -2.08. The fraction of sp³-hybridized carbons (Fsp3) is 0.556. The third-order valence-electron chi connectivity index (χ3n) is 4.22. The van der Waals surface area contributed by atoms with Gasteiger partial charge in [-0.3, -0.25) is 9.69 Å². The van der Waals surface area contributed by atoms with Crippen LogP contribution in [0.2, 0.25) is 0 Å². The van der Waals surface area contributed by atoms with Crippen LogP contribution in [0.4, 0.5) is 10.5 Å². The number of anilines is 1. The van der Waals surface area contributed by atoms with Crippen LogP contribution in [0.15, 0.2) is 18.2 Å². The highest BCUT2D eigenvalue weighted by molar-refractivity contribution is 5.97. The van der Waals surface area contributed by atoms with Crippen LogP contribution in [-0.4, -0.2) is 47.3 Å². The smallest absolute Gasteiger partial charge is 0.410 e.